The quantitative estimate of drug-likeness (QED) is 0.821. The average Bonchev–Trinajstić information content (AvgIpc) is 2.90. The molecule has 1 N–H and O–H groups in total. The Labute approximate surface area is 125 Å². The summed E-state index contributed by atoms with van der Waals surface area (Å²) in [5.74, 6) is -0.337. The van der Waals surface area contributed by atoms with E-state index in [1.807, 2.05) is 6.07 Å². The minimum atomic E-state index is -0.337. The van der Waals surface area contributed by atoms with Crippen molar-refractivity contribution in [2.45, 2.75) is 64.0 Å². The Kier molecular flexibility index (Phi) is 4.32. The van der Waals surface area contributed by atoms with Crippen molar-refractivity contribution in [3.8, 4) is 0 Å². The van der Waals surface area contributed by atoms with Crippen LogP contribution in [0.1, 0.15) is 56.9 Å². The van der Waals surface area contributed by atoms with E-state index >= 15 is 0 Å². The maximum atomic E-state index is 13.1. The van der Waals surface area contributed by atoms with Gasteiger partial charge in [0.2, 0.25) is 0 Å². The number of nitrogens with one attached hydrogen (secondary N) is 1. The number of halogens is 2. The van der Waals surface area contributed by atoms with Gasteiger partial charge in [-0.3, -0.25) is 0 Å². The zero-order chi connectivity index (χ0) is 14.0. The Morgan fingerprint density at radius 3 is 2.50 bits per heavy atom. The Morgan fingerprint density at radius 2 is 1.85 bits per heavy atom. The second-order valence-corrected chi connectivity index (χ2v) is 7.02. The van der Waals surface area contributed by atoms with Gasteiger partial charge in [0.05, 0.1) is 5.02 Å². The molecular weight excluding hydrogens is 273 g/mol. The highest BCUT2D eigenvalue weighted by Crippen LogP contribution is 2.48. The van der Waals surface area contributed by atoms with Crippen LogP contribution in [0.3, 0.4) is 0 Å². The molecule has 1 spiro atoms. The molecule has 0 heterocycles. The number of benzene rings is 1. The number of rotatable bonds is 3. The van der Waals surface area contributed by atoms with Gasteiger partial charge in [0, 0.05) is 12.6 Å². The van der Waals surface area contributed by atoms with Crippen LogP contribution in [0, 0.1) is 11.2 Å². The van der Waals surface area contributed by atoms with Crippen LogP contribution in [0.15, 0.2) is 18.2 Å². The zero-order valence-electron chi connectivity index (χ0n) is 11.9. The lowest BCUT2D eigenvalue weighted by Crippen LogP contribution is -2.36. The summed E-state index contributed by atoms with van der Waals surface area (Å²) in [6, 6.07) is 5.61. The molecule has 0 aromatic heterocycles. The predicted molar refractivity (Wildman–Crippen MR) is 81.4 cm³/mol. The van der Waals surface area contributed by atoms with E-state index in [9.17, 15) is 4.39 Å². The predicted octanol–water partition coefficient (Wildman–Crippen LogP) is 5.07. The minimum absolute atomic E-state index is 0.220. The first-order valence-corrected chi connectivity index (χ1v) is 8.22. The Hall–Kier alpha value is -0.600. The smallest absolute Gasteiger partial charge is 0.141 e. The van der Waals surface area contributed by atoms with Crippen LogP contribution in [0.2, 0.25) is 5.02 Å². The molecule has 0 saturated heterocycles. The standard InChI is InChI=1S/C17H23ClFN/c18-15-11-13(3-4-16(15)19)12-20-14-5-9-17(10-6-14)7-1-2-8-17/h3-4,11,14,20H,1-2,5-10,12H2. The molecule has 0 aliphatic heterocycles. The first-order valence-electron chi connectivity index (χ1n) is 7.84. The summed E-state index contributed by atoms with van der Waals surface area (Å²) >= 11 is 5.81. The molecule has 2 fully saturated rings. The molecule has 0 amide bonds. The van der Waals surface area contributed by atoms with E-state index < -0.39 is 0 Å². The minimum Gasteiger partial charge on any atom is -0.310 e. The van der Waals surface area contributed by atoms with Gasteiger partial charge in [-0.25, -0.2) is 4.39 Å². The summed E-state index contributed by atoms with van der Waals surface area (Å²) in [7, 11) is 0. The van der Waals surface area contributed by atoms with Crippen LogP contribution >= 0.6 is 11.6 Å². The third-order valence-electron chi connectivity index (χ3n) is 5.29. The van der Waals surface area contributed by atoms with E-state index in [0.29, 0.717) is 11.5 Å². The van der Waals surface area contributed by atoms with E-state index in [1.165, 1.54) is 57.4 Å². The van der Waals surface area contributed by atoms with E-state index in [1.54, 1.807) is 6.07 Å². The summed E-state index contributed by atoms with van der Waals surface area (Å²) < 4.78 is 13.1. The van der Waals surface area contributed by atoms with Crippen molar-refractivity contribution in [2.75, 3.05) is 0 Å². The fourth-order valence-corrected chi connectivity index (χ4v) is 4.17. The van der Waals surface area contributed by atoms with Gasteiger partial charge in [-0.1, -0.05) is 30.5 Å². The van der Waals surface area contributed by atoms with Crippen molar-refractivity contribution in [3.63, 3.8) is 0 Å². The van der Waals surface area contributed by atoms with Crippen molar-refractivity contribution >= 4 is 11.6 Å². The summed E-state index contributed by atoms with van der Waals surface area (Å²) in [6.45, 7) is 0.789. The van der Waals surface area contributed by atoms with Gasteiger partial charge < -0.3 is 5.32 Å². The van der Waals surface area contributed by atoms with Gasteiger partial charge in [-0.2, -0.15) is 0 Å². The molecule has 0 unspecified atom stereocenters. The van der Waals surface area contributed by atoms with Crippen LogP contribution in [-0.4, -0.2) is 6.04 Å². The normalized spacial score (nSPS) is 22.5. The van der Waals surface area contributed by atoms with Crippen molar-refractivity contribution < 1.29 is 4.39 Å². The molecule has 1 aromatic carbocycles. The van der Waals surface area contributed by atoms with Gasteiger partial charge in [0.1, 0.15) is 5.82 Å². The van der Waals surface area contributed by atoms with E-state index in [0.717, 1.165) is 12.1 Å². The summed E-state index contributed by atoms with van der Waals surface area (Å²) in [5.41, 5.74) is 1.76. The molecule has 0 bridgehead atoms. The zero-order valence-corrected chi connectivity index (χ0v) is 12.7. The summed E-state index contributed by atoms with van der Waals surface area (Å²) in [5, 5.41) is 3.83. The molecule has 0 atom stereocenters. The van der Waals surface area contributed by atoms with E-state index in [2.05, 4.69) is 5.32 Å². The monoisotopic (exact) mass is 295 g/mol. The lowest BCUT2D eigenvalue weighted by molar-refractivity contribution is 0.168. The second-order valence-electron chi connectivity index (χ2n) is 6.61. The van der Waals surface area contributed by atoms with Crippen LogP contribution in [0.5, 0.6) is 0 Å². The van der Waals surface area contributed by atoms with Crippen LogP contribution in [-0.2, 0) is 6.54 Å². The number of hydrogen-bond donors (Lipinski definition) is 1. The maximum absolute atomic E-state index is 13.1. The topological polar surface area (TPSA) is 12.0 Å². The molecule has 1 aromatic rings. The average molecular weight is 296 g/mol. The molecule has 0 radical (unpaired) electrons. The van der Waals surface area contributed by atoms with Crippen LogP contribution in [0.4, 0.5) is 4.39 Å². The SMILES string of the molecule is Fc1ccc(CNC2CCC3(CCCC3)CC2)cc1Cl. The van der Waals surface area contributed by atoms with Crippen LogP contribution in [0.25, 0.3) is 0 Å². The van der Waals surface area contributed by atoms with Gasteiger partial charge >= 0.3 is 0 Å². The van der Waals surface area contributed by atoms with Gasteiger partial charge in [-0.15, -0.1) is 0 Å². The molecule has 2 saturated carbocycles. The number of hydrogen-bond acceptors (Lipinski definition) is 1. The van der Waals surface area contributed by atoms with Crippen molar-refractivity contribution in [1.82, 2.24) is 5.32 Å². The molecular formula is C17H23ClFN. The second kappa shape index (κ2) is 6.03. The van der Waals surface area contributed by atoms with Crippen molar-refractivity contribution in [1.29, 1.82) is 0 Å². The van der Waals surface area contributed by atoms with Gasteiger partial charge in [0.25, 0.3) is 0 Å². The first kappa shape index (κ1) is 14.3. The first-order chi connectivity index (χ1) is 9.67. The maximum Gasteiger partial charge on any atom is 0.141 e. The molecule has 110 valence electrons. The molecule has 20 heavy (non-hydrogen) atoms. The molecule has 3 heteroatoms. The van der Waals surface area contributed by atoms with Crippen molar-refractivity contribution in [2.24, 2.45) is 5.41 Å². The highest BCUT2D eigenvalue weighted by Gasteiger charge is 2.37. The van der Waals surface area contributed by atoms with Crippen LogP contribution < -0.4 is 5.32 Å². The third-order valence-corrected chi connectivity index (χ3v) is 5.58. The lowest BCUT2D eigenvalue weighted by Gasteiger charge is -2.37. The fraction of sp³-hybridized carbons (Fsp3) is 0.647. The fourth-order valence-electron chi connectivity index (χ4n) is 3.97. The molecule has 2 aliphatic carbocycles. The van der Waals surface area contributed by atoms with E-state index in [4.69, 9.17) is 11.6 Å². The van der Waals surface area contributed by atoms with Gasteiger partial charge in [-0.05, 0) is 61.6 Å². The molecule has 2 aliphatic rings. The highest BCUT2D eigenvalue weighted by molar-refractivity contribution is 6.30. The highest BCUT2D eigenvalue weighted by atomic mass is 35.5. The Balaban J connectivity index is 1.49. The lowest BCUT2D eigenvalue weighted by atomic mass is 9.71. The summed E-state index contributed by atoms with van der Waals surface area (Å²) in [6.07, 6.45) is 11.1. The summed E-state index contributed by atoms with van der Waals surface area (Å²) in [4.78, 5) is 0. The third kappa shape index (κ3) is 3.17. The largest absolute Gasteiger partial charge is 0.310 e. The van der Waals surface area contributed by atoms with E-state index in [-0.39, 0.29) is 10.8 Å². The molecule has 1 nitrogen and oxygen atoms in total. The Bertz CT molecular complexity index is 458. The van der Waals surface area contributed by atoms with Gasteiger partial charge in [0.15, 0.2) is 0 Å². The Morgan fingerprint density at radius 1 is 1.15 bits per heavy atom. The molecule has 3 rings (SSSR count). The van der Waals surface area contributed by atoms with Crippen molar-refractivity contribution in [3.05, 3.63) is 34.6 Å².